The average Bonchev–Trinajstić information content (AvgIpc) is 3.08. The Morgan fingerprint density at radius 3 is 2.39 bits per heavy atom. The molecule has 3 heteroatoms. The number of hydrogen-bond acceptors (Lipinski definition) is 3. The second kappa shape index (κ2) is 4.92. The minimum atomic E-state index is -0.690. The number of carbonyl (C=O) groups excluding carboxylic acids is 2. The molecule has 0 bridgehead atoms. The summed E-state index contributed by atoms with van der Waals surface area (Å²) in [4.78, 5) is 23.3. The van der Waals surface area contributed by atoms with Gasteiger partial charge in [-0.3, -0.25) is 4.79 Å². The van der Waals surface area contributed by atoms with Crippen LogP contribution in [-0.2, 0) is 14.3 Å². The molecule has 96 valence electrons. The van der Waals surface area contributed by atoms with Gasteiger partial charge in [0.05, 0.1) is 6.10 Å². The van der Waals surface area contributed by atoms with E-state index in [2.05, 4.69) is 0 Å². The second-order valence-corrected chi connectivity index (χ2v) is 5.18. The Bertz CT molecular complexity index is 459. The van der Waals surface area contributed by atoms with Crippen molar-refractivity contribution in [2.24, 2.45) is 5.92 Å². The lowest BCUT2D eigenvalue weighted by Gasteiger charge is -2.06. The van der Waals surface area contributed by atoms with Gasteiger partial charge >= 0.3 is 5.97 Å². The predicted molar refractivity (Wildman–Crippen MR) is 68.3 cm³/mol. The van der Waals surface area contributed by atoms with Gasteiger partial charge in [0.1, 0.15) is 0 Å². The molecule has 1 aliphatic carbocycles. The van der Waals surface area contributed by atoms with E-state index in [0.717, 1.165) is 12.0 Å². The van der Waals surface area contributed by atoms with Gasteiger partial charge in [0.2, 0.25) is 5.78 Å². The maximum absolute atomic E-state index is 11.8. The van der Waals surface area contributed by atoms with Gasteiger partial charge in [-0.15, -0.1) is 0 Å². The number of aryl methyl sites for hydroxylation is 1. The summed E-state index contributed by atoms with van der Waals surface area (Å²) >= 11 is 0. The van der Waals surface area contributed by atoms with Gasteiger partial charge in [-0.1, -0.05) is 29.8 Å². The highest BCUT2D eigenvalue weighted by molar-refractivity contribution is 6.35. The van der Waals surface area contributed by atoms with Crippen molar-refractivity contribution in [2.75, 3.05) is 0 Å². The van der Waals surface area contributed by atoms with Crippen molar-refractivity contribution in [3.05, 3.63) is 35.4 Å². The molecule has 1 aromatic carbocycles. The highest BCUT2D eigenvalue weighted by atomic mass is 16.5. The van der Waals surface area contributed by atoms with Crippen LogP contribution in [0.5, 0.6) is 0 Å². The lowest BCUT2D eigenvalue weighted by molar-refractivity contribution is -0.157. The van der Waals surface area contributed by atoms with Gasteiger partial charge in [-0.25, -0.2) is 4.79 Å². The van der Waals surface area contributed by atoms with Crippen molar-refractivity contribution in [1.82, 2.24) is 0 Å². The summed E-state index contributed by atoms with van der Waals surface area (Å²) in [6.07, 6.45) is 0.521. The topological polar surface area (TPSA) is 43.4 Å². The van der Waals surface area contributed by atoms with Crippen molar-refractivity contribution in [1.29, 1.82) is 0 Å². The van der Waals surface area contributed by atoms with E-state index in [1.807, 2.05) is 31.2 Å². The number of carbonyl (C=O) groups is 2. The van der Waals surface area contributed by atoms with Crippen LogP contribution in [-0.4, -0.2) is 17.9 Å². The number of ether oxygens (including phenoxy) is 1. The SMILES string of the molecule is Cc1ccc([C@@H]2CC2C(=O)C(=O)OC(C)C)cc1. The number of esters is 1. The molecule has 2 atom stereocenters. The molecule has 0 saturated heterocycles. The van der Waals surface area contributed by atoms with Gasteiger partial charge in [-0.2, -0.15) is 0 Å². The molecule has 0 radical (unpaired) electrons. The van der Waals surface area contributed by atoms with Crippen LogP contribution in [0.3, 0.4) is 0 Å². The molecule has 0 aromatic heterocycles. The van der Waals surface area contributed by atoms with Crippen LogP contribution in [0.1, 0.15) is 37.3 Å². The van der Waals surface area contributed by atoms with Crippen LogP contribution >= 0.6 is 0 Å². The maximum atomic E-state index is 11.8. The third kappa shape index (κ3) is 2.78. The molecule has 1 saturated carbocycles. The summed E-state index contributed by atoms with van der Waals surface area (Å²) in [5, 5.41) is 0. The standard InChI is InChI=1S/C15H18O3/c1-9(2)18-15(17)14(16)13-8-12(13)11-6-4-10(3)5-7-11/h4-7,9,12-13H,8H2,1-3H3/t12-,13?/m0/s1. The minimum absolute atomic E-state index is 0.182. The Kier molecular flexibility index (Phi) is 3.50. The molecule has 0 heterocycles. The zero-order valence-electron chi connectivity index (χ0n) is 11.0. The van der Waals surface area contributed by atoms with Gasteiger partial charge < -0.3 is 4.74 Å². The number of hydrogen-bond donors (Lipinski definition) is 0. The average molecular weight is 246 g/mol. The van der Waals surface area contributed by atoms with E-state index in [-0.39, 0.29) is 23.7 Å². The minimum Gasteiger partial charge on any atom is -0.457 e. The molecular weight excluding hydrogens is 228 g/mol. The smallest absolute Gasteiger partial charge is 0.375 e. The fraction of sp³-hybridized carbons (Fsp3) is 0.467. The zero-order valence-corrected chi connectivity index (χ0v) is 11.0. The van der Waals surface area contributed by atoms with Crippen LogP contribution in [0.2, 0.25) is 0 Å². The van der Waals surface area contributed by atoms with Crippen molar-refractivity contribution in [2.45, 2.75) is 39.2 Å². The summed E-state index contributed by atoms with van der Waals surface area (Å²) in [5.74, 6) is -1.06. The summed E-state index contributed by atoms with van der Waals surface area (Å²) in [6.45, 7) is 5.52. The third-order valence-corrected chi connectivity index (χ3v) is 3.18. The normalized spacial score (nSPS) is 21.8. The van der Waals surface area contributed by atoms with E-state index >= 15 is 0 Å². The number of benzene rings is 1. The van der Waals surface area contributed by atoms with Crippen LogP contribution < -0.4 is 0 Å². The molecule has 0 N–H and O–H groups in total. The fourth-order valence-corrected chi connectivity index (χ4v) is 2.09. The summed E-state index contributed by atoms with van der Waals surface area (Å²) in [5.41, 5.74) is 2.33. The zero-order chi connectivity index (χ0) is 13.3. The van der Waals surface area contributed by atoms with Crippen molar-refractivity contribution < 1.29 is 14.3 Å². The van der Waals surface area contributed by atoms with E-state index in [0.29, 0.717) is 0 Å². The van der Waals surface area contributed by atoms with Crippen molar-refractivity contribution in [3.8, 4) is 0 Å². The first kappa shape index (κ1) is 12.8. The number of rotatable bonds is 4. The van der Waals surface area contributed by atoms with Crippen LogP contribution in [0, 0.1) is 12.8 Å². The summed E-state index contributed by atoms with van der Waals surface area (Å²) in [7, 11) is 0. The Labute approximate surface area is 107 Å². The number of ketones is 1. The van der Waals surface area contributed by atoms with Crippen molar-refractivity contribution >= 4 is 11.8 Å². The highest BCUT2D eigenvalue weighted by Gasteiger charge is 2.47. The van der Waals surface area contributed by atoms with Gasteiger partial charge in [0.15, 0.2) is 0 Å². The Morgan fingerprint density at radius 2 is 1.83 bits per heavy atom. The van der Waals surface area contributed by atoms with Crippen molar-refractivity contribution in [3.63, 3.8) is 0 Å². The molecule has 18 heavy (non-hydrogen) atoms. The first-order chi connectivity index (χ1) is 8.49. The largest absolute Gasteiger partial charge is 0.457 e. The molecule has 0 spiro atoms. The van der Waals surface area contributed by atoms with E-state index < -0.39 is 5.97 Å². The Morgan fingerprint density at radius 1 is 1.22 bits per heavy atom. The predicted octanol–water partition coefficient (Wildman–Crippen LogP) is 2.62. The molecule has 0 amide bonds. The molecule has 1 unspecified atom stereocenters. The lowest BCUT2D eigenvalue weighted by Crippen LogP contribution is -2.22. The molecule has 3 nitrogen and oxygen atoms in total. The molecule has 1 fully saturated rings. The van der Waals surface area contributed by atoms with E-state index in [1.165, 1.54) is 5.56 Å². The first-order valence-corrected chi connectivity index (χ1v) is 6.30. The summed E-state index contributed by atoms with van der Waals surface area (Å²) in [6, 6.07) is 8.12. The molecule has 0 aliphatic heterocycles. The molecule has 2 rings (SSSR count). The van der Waals surface area contributed by atoms with E-state index in [1.54, 1.807) is 13.8 Å². The highest BCUT2D eigenvalue weighted by Crippen LogP contribution is 2.48. The van der Waals surface area contributed by atoms with Crippen LogP contribution in [0.25, 0.3) is 0 Å². The van der Waals surface area contributed by atoms with Gasteiger partial charge in [0, 0.05) is 5.92 Å². The maximum Gasteiger partial charge on any atom is 0.375 e. The van der Waals surface area contributed by atoms with Crippen LogP contribution in [0.4, 0.5) is 0 Å². The molecule has 1 aliphatic rings. The number of Topliss-reactive ketones (excluding diaryl/α,β-unsaturated/α-hetero) is 1. The molecular formula is C15H18O3. The lowest BCUT2D eigenvalue weighted by atomic mass is 10.1. The Balaban J connectivity index is 1.96. The quantitative estimate of drug-likeness (QED) is 0.606. The third-order valence-electron chi connectivity index (χ3n) is 3.18. The van der Waals surface area contributed by atoms with Crippen LogP contribution in [0.15, 0.2) is 24.3 Å². The summed E-state index contributed by atoms with van der Waals surface area (Å²) < 4.78 is 4.93. The van der Waals surface area contributed by atoms with E-state index in [9.17, 15) is 9.59 Å². The van der Waals surface area contributed by atoms with Gasteiger partial charge in [0.25, 0.3) is 0 Å². The second-order valence-electron chi connectivity index (χ2n) is 5.18. The molecule has 1 aromatic rings. The first-order valence-electron chi connectivity index (χ1n) is 6.30. The van der Waals surface area contributed by atoms with E-state index in [4.69, 9.17) is 4.74 Å². The van der Waals surface area contributed by atoms with Gasteiger partial charge in [-0.05, 0) is 38.7 Å². The Hall–Kier alpha value is -1.64. The fourth-order valence-electron chi connectivity index (χ4n) is 2.09. The monoisotopic (exact) mass is 246 g/mol.